The van der Waals surface area contributed by atoms with Crippen molar-refractivity contribution >= 4 is 51.5 Å². The highest BCUT2D eigenvalue weighted by atomic mass is 35.5. The number of fused-ring (bicyclic) bond motifs is 2. The first kappa shape index (κ1) is 36.2. The van der Waals surface area contributed by atoms with Crippen LogP contribution >= 0.6 is 23.2 Å². The van der Waals surface area contributed by atoms with Crippen molar-refractivity contribution in [3.8, 4) is 28.3 Å². The Hall–Kier alpha value is -4.75. The maximum absolute atomic E-state index is 13.1. The number of likely N-dealkylation sites (tertiary alicyclic amines) is 1. The lowest BCUT2D eigenvalue weighted by molar-refractivity contribution is 0.114. The van der Waals surface area contributed by atoms with E-state index < -0.39 is 0 Å². The number of carbonyl (C=O) groups excluding carboxylic acids is 1. The summed E-state index contributed by atoms with van der Waals surface area (Å²) in [4.78, 5) is 40.1. The third-order valence-corrected chi connectivity index (χ3v) is 11.9. The Kier molecular flexibility index (Phi) is 9.72. The molecule has 2 amide bonds. The van der Waals surface area contributed by atoms with Crippen molar-refractivity contribution in [2.75, 3.05) is 52.3 Å². The normalized spacial score (nSPS) is 19.8. The number of ether oxygens (including phenoxy) is 2. The van der Waals surface area contributed by atoms with E-state index in [1.54, 1.807) is 27.5 Å². The molecule has 54 heavy (non-hydrogen) atoms. The number of urea groups is 1. The molecule has 0 unspecified atom stereocenters. The number of hydrogen-bond donors (Lipinski definition) is 2. The van der Waals surface area contributed by atoms with E-state index >= 15 is 0 Å². The molecule has 2 fully saturated rings. The van der Waals surface area contributed by atoms with Gasteiger partial charge in [0.2, 0.25) is 5.88 Å². The van der Waals surface area contributed by atoms with Crippen molar-refractivity contribution in [1.29, 1.82) is 0 Å². The molecule has 12 nitrogen and oxygen atoms in total. The smallest absolute Gasteiger partial charge is 0.317 e. The summed E-state index contributed by atoms with van der Waals surface area (Å²) in [6, 6.07) is 15.6. The highest BCUT2D eigenvalue weighted by Crippen LogP contribution is 2.47. The van der Waals surface area contributed by atoms with E-state index in [1.807, 2.05) is 54.3 Å². The average Bonchev–Trinajstić information content (AvgIpc) is 3.78. The molecule has 0 radical (unpaired) electrons. The van der Waals surface area contributed by atoms with Gasteiger partial charge in [0, 0.05) is 79.7 Å². The number of amides is 2. The average molecular weight is 770 g/mol. The molecular formula is C40H42Cl2N8O4. The molecule has 2 aliphatic heterocycles. The molecule has 280 valence electrons. The lowest BCUT2D eigenvalue weighted by atomic mass is 9.92. The summed E-state index contributed by atoms with van der Waals surface area (Å²) >= 11 is 14.3. The molecular weight excluding hydrogens is 727 g/mol. The Labute approximate surface area is 323 Å². The van der Waals surface area contributed by atoms with Gasteiger partial charge >= 0.3 is 6.03 Å². The maximum atomic E-state index is 13.1. The lowest BCUT2D eigenvalue weighted by Gasteiger charge is -2.40. The number of anilines is 2. The molecule has 2 N–H and O–H groups in total. The first-order valence-corrected chi connectivity index (χ1v) is 18.9. The van der Waals surface area contributed by atoms with Crippen molar-refractivity contribution in [3.05, 3.63) is 91.9 Å². The van der Waals surface area contributed by atoms with E-state index in [0.29, 0.717) is 56.9 Å². The fraction of sp³-hybridized carbons (Fsp3) is 0.375. The molecule has 5 aromatic rings. The third-order valence-electron chi connectivity index (χ3n) is 11.1. The van der Waals surface area contributed by atoms with Gasteiger partial charge < -0.3 is 25.0 Å². The summed E-state index contributed by atoms with van der Waals surface area (Å²) in [5.41, 5.74) is 6.05. The van der Waals surface area contributed by atoms with Crippen LogP contribution in [0.3, 0.4) is 0 Å². The minimum atomic E-state index is -0.262. The van der Waals surface area contributed by atoms with Crippen LogP contribution in [0.1, 0.15) is 42.1 Å². The van der Waals surface area contributed by atoms with E-state index in [0.717, 1.165) is 73.4 Å². The number of benzene rings is 2. The molecule has 1 aliphatic carbocycles. The highest BCUT2D eigenvalue weighted by Gasteiger charge is 2.46. The molecule has 0 bridgehead atoms. The van der Waals surface area contributed by atoms with E-state index in [2.05, 4.69) is 31.7 Å². The van der Waals surface area contributed by atoms with Gasteiger partial charge in [0.05, 0.1) is 52.3 Å². The molecule has 8 rings (SSSR count). The lowest BCUT2D eigenvalue weighted by Crippen LogP contribution is -2.61. The quantitative estimate of drug-likeness (QED) is 0.164. The van der Waals surface area contributed by atoms with Crippen LogP contribution in [0.2, 0.25) is 10.0 Å². The van der Waals surface area contributed by atoms with Crippen LogP contribution in [-0.2, 0) is 18.2 Å². The summed E-state index contributed by atoms with van der Waals surface area (Å²) in [7, 11) is 4.93. The first-order chi connectivity index (χ1) is 26.1. The molecule has 2 atom stereocenters. The number of methoxy groups -OCH3 is 2. The summed E-state index contributed by atoms with van der Waals surface area (Å²) in [6.45, 7) is 5.40. The Morgan fingerprint density at radius 1 is 1.00 bits per heavy atom. The third kappa shape index (κ3) is 6.44. The predicted octanol–water partition coefficient (Wildman–Crippen LogP) is 6.92. The van der Waals surface area contributed by atoms with Crippen molar-refractivity contribution in [3.63, 3.8) is 0 Å². The zero-order chi connectivity index (χ0) is 37.7. The minimum Gasteiger partial charge on any atom is -0.481 e. The standard InChI is InChI=1S/C40H42Cl2N8O4/c1-23-19-25-21-43-48(2)38(51)33(25)36(44-23)45-29-10-6-8-27(35(29)42)26-7-5-9-28(34(26)41)30-20-24-11-12-31(32(24)37(46-30)54-4)50-16-14-40(22-50)13-15-49(17-18-53-3)39(52)47-40/h5-10,19-21,31H,11-18,22H2,1-4H3,(H,44,45)(H,47,52)/t31-,40+/m1/s1. The van der Waals surface area contributed by atoms with Crippen LogP contribution in [0.15, 0.2) is 59.5 Å². The van der Waals surface area contributed by atoms with Crippen molar-refractivity contribution < 1.29 is 14.3 Å². The number of hydrogen-bond acceptors (Lipinski definition) is 9. The van der Waals surface area contributed by atoms with Gasteiger partial charge in [-0.15, -0.1) is 0 Å². The molecule has 3 aliphatic rings. The Bertz CT molecular complexity index is 2350. The van der Waals surface area contributed by atoms with Gasteiger partial charge in [-0.05, 0) is 56.4 Å². The van der Waals surface area contributed by atoms with Gasteiger partial charge in [-0.1, -0.05) is 53.5 Å². The number of carbonyl (C=O) groups is 1. The van der Waals surface area contributed by atoms with Gasteiger partial charge in [0.25, 0.3) is 5.56 Å². The van der Waals surface area contributed by atoms with Crippen LogP contribution in [0, 0.1) is 6.92 Å². The monoisotopic (exact) mass is 768 g/mol. The molecule has 5 heterocycles. The second kappa shape index (κ2) is 14.5. The van der Waals surface area contributed by atoms with Crippen molar-refractivity contribution in [2.45, 2.75) is 44.2 Å². The van der Waals surface area contributed by atoms with Crippen LogP contribution in [-0.4, -0.2) is 88.1 Å². The van der Waals surface area contributed by atoms with Crippen molar-refractivity contribution in [1.82, 2.24) is 34.9 Å². The molecule has 14 heteroatoms. The number of aryl methyl sites for hydroxylation is 3. The highest BCUT2D eigenvalue weighted by molar-refractivity contribution is 6.39. The first-order valence-electron chi connectivity index (χ1n) is 18.2. The largest absolute Gasteiger partial charge is 0.481 e. The molecule has 3 aromatic heterocycles. The SMILES string of the molecule is COCCN1CC[C@@]2(CCN([C@@H]3CCc4cc(-c5cccc(-c6cccc(Nc7nc(C)cc8cnn(C)c(=O)c78)c6Cl)c5Cl)nc(OC)c43)C2)NC1=O. The van der Waals surface area contributed by atoms with Gasteiger partial charge in [-0.25, -0.2) is 19.4 Å². The van der Waals surface area contributed by atoms with E-state index in [1.165, 1.54) is 10.2 Å². The van der Waals surface area contributed by atoms with Crippen LogP contribution in [0.25, 0.3) is 33.2 Å². The predicted molar refractivity (Wildman–Crippen MR) is 211 cm³/mol. The number of aromatic nitrogens is 4. The Morgan fingerprint density at radius 3 is 2.54 bits per heavy atom. The van der Waals surface area contributed by atoms with Gasteiger partial charge in [-0.3, -0.25) is 9.69 Å². The zero-order valence-electron chi connectivity index (χ0n) is 30.7. The minimum absolute atomic E-state index is 0.0129. The topological polar surface area (TPSA) is 127 Å². The molecule has 2 saturated heterocycles. The summed E-state index contributed by atoms with van der Waals surface area (Å²) < 4.78 is 12.5. The zero-order valence-corrected chi connectivity index (χ0v) is 32.2. The second-order valence-electron chi connectivity index (χ2n) is 14.4. The Balaban J connectivity index is 1.07. The number of rotatable bonds is 9. The Morgan fingerprint density at radius 2 is 1.76 bits per heavy atom. The van der Waals surface area contributed by atoms with Crippen LogP contribution in [0.5, 0.6) is 5.88 Å². The summed E-state index contributed by atoms with van der Waals surface area (Å²) in [6.07, 6.45) is 5.29. The number of pyridine rings is 2. The van der Waals surface area contributed by atoms with Gasteiger partial charge in [0.15, 0.2) is 0 Å². The summed E-state index contributed by atoms with van der Waals surface area (Å²) in [5, 5.41) is 12.9. The van der Waals surface area contributed by atoms with Gasteiger partial charge in [-0.2, -0.15) is 5.10 Å². The van der Waals surface area contributed by atoms with E-state index in [9.17, 15) is 9.59 Å². The van der Waals surface area contributed by atoms with Crippen LogP contribution < -0.4 is 20.9 Å². The maximum Gasteiger partial charge on any atom is 0.317 e. The second-order valence-corrected chi connectivity index (χ2v) is 15.2. The van der Waals surface area contributed by atoms with Crippen LogP contribution in [0.4, 0.5) is 16.3 Å². The molecule has 2 aromatic carbocycles. The fourth-order valence-electron chi connectivity index (χ4n) is 8.33. The fourth-order valence-corrected chi connectivity index (χ4v) is 8.93. The number of nitrogens with one attached hydrogen (secondary N) is 2. The number of nitrogens with zero attached hydrogens (tertiary/aromatic N) is 6. The van der Waals surface area contributed by atoms with Crippen molar-refractivity contribution in [2.24, 2.45) is 7.05 Å². The van der Waals surface area contributed by atoms with E-state index in [4.69, 9.17) is 37.7 Å². The number of halogens is 2. The summed E-state index contributed by atoms with van der Waals surface area (Å²) in [5.74, 6) is 0.992. The van der Waals surface area contributed by atoms with E-state index in [-0.39, 0.29) is 23.2 Å². The molecule has 0 saturated carbocycles. The van der Waals surface area contributed by atoms with Gasteiger partial charge in [0.1, 0.15) is 5.82 Å². The molecule has 1 spiro atoms.